The summed E-state index contributed by atoms with van der Waals surface area (Å²) in [5.74, 6) is 3.19. The molecule has 1 fully saturated rings. The van der Waals surface area contributed by atoms with Crippen LogP contribution in [0.15, 0.2) is 41.7 Å². The van der Waals surface area contributed by atoms with E-state index in [2.05, 4.69) is 71.5 Å². The maximum absolute atomic E-state index is 4.86. The quantitative estimate of drug-likeness (QED) is 0.375. The van der Waals surface area contributed by atoms with Gasteiger partial charge in [0.05, 0.1) is 0 Å². The number of hydrogen-bond acceptors (Lipinski definition) is 3. The molecule has 1 aromatic heterocycles. The first-order chi connectivity index (χ1) is 13.3. The Morgan fingerprint density at radius 2 is 2.00 bits per heavy atom. The van der Waals surface area contributed by atoms with Gasteiger partial charge < -0.3 is 14.8 Å². The van der Waals surface area contributed by atoms with Crippen LogP contribution in [-0.4, -0.2) is 45.3 Å². The second-order valence-electron chi connectivity index (χ2n) is 7.12. The van der Waals surface area contributed by atoms with E-state index in [-0.39, 0.29) is 24.0 Å². The number of nitrogens with one attached hydrogen (secondary N) is 1. The first kappa shape index (κ1) is 22.6. The SMILES string of the molecule is CCNC(=NCc1nncn1CC)N1CCC(c2ccccc2)C(CC)C1.I. The highest BCUT2D eigenvalue weighted by molar-refractivity contribution is 14.0. The molecule has 0 radical (unpaired) electrons. The molecular weight excluding hydrogens is 463 g/mol. The van der Waals surface area contributed by atoms with Crippen LogP contribution < -0.4 is 5.32 Å². The Labute approximate surface area is 185 Å². The van der Waals surface area contributed by atoms with Crippen LogP contribution in [0.2, 0.25) is 0 Å². The van der Waals surface area contributed by atoms with E-state index in [1.54, 1.807) is 6.33 Å². The van der Waals surface area contributed by atoms with Crippen molar-refractivity contribution in [3.63, 3.8) is 0 Å². The molecule has 0 bridgehead atoms. The smallest absolute Gasteiger partial charge is 0.194 e. The fraction of sp³-hybridized carbons (Fsp3) is 0.571. The highest BCUT2D eigenvalue weighted by Gasteiger charge is 2.30. The van der Waals surface area contributed by atoms with E-state index in [1.165, 1.54) is 12.0 Å². The van der Waals surface area contributed by atoms with Gasteiger partial charge >= 0.3 is 0 Å². The Bertz CT molecular complexity index is 730. The molecule has 1 saturated heterocycles. The molecule has 3 rings (SSSR count). The van der Waals surface area contributed by atoms with Crippen LogP contribution in [0.3, 0.4) is 0 Å². The van der Waals surface area contributed by atoms with E-state index in [4.69, 9.17) is 4.99 Å². The van der Waals surface area contributed by atoms with Gasteiger partial charge in [-0.05, 0) is 37.7 Å². The number of nitrogens with zero attached hydrogens (tertiary/aromatic N) is 5. The third-order valence-corrected chi connectivity index (χ3v) is 5.53. The molecule has 2 aromatic rings. The Morgan fingerprint density at radius 1 is 1.21 bits per heavy atom. The lowest BCUT2D eigenvalue weighted by Crippen LogP contribution is -2.48. The zero-order valence-electron chi connectivity index (χ0n) is 17.2. The number of aliphatic imine (C=N–C) groups is 1. The molecule has 7 heteroatoms. The van der Waals surface area contributed by atoms with Crippen molar-refractivity contribution in [2.24, 2.45) is 10.9 Å². The number of rotatable bonds is 6. The molecule has 1 N–H and O–H groups in total. The van der Waals surface area contributed by atoms with E-state index in [0.717, 1.165) is 44.4 Å². The number of piperidine rings is 1. The molecular formula is C21H33IN6. The monoisotopic (exact) mass is 496 g/mol. The summed E-state index contributed by atoms with van der Waals surface area (Å²) >= 11 is 0. The zero-order chi connectivity index (χ0) is 19.1. The van der Waals surface area contributed by atoms with Crippen molar-refractivity contribution in [2.45, 2.75) is 52.6 Å². The first-order valence-electron chi connectivity index (χ1n) is 10.2. The molecule has 0 spiro atoms. The summed E-state index contributed by atoms with van der Waals surface area (Å²) in [5, 5.41) is 11.7. The maximum Gasteiger partial charge on any atom is 0.194 e. The minimum atomic E-state index is 0. The average Bonchev–Trinajstić information content (AvgIpc) is 3.19. The standard InChI is InChI=1S/C21H32N6.HI/c1-4-17-15-27(13-12-19(17)18-10-8-7-9-11-18)21(22-5-2)23-14-20-25-24-16-26(20)6-3;/h7-11,16-17,19H,4-6,12-15H2,1-3H3,(H,22,23);1H. The third-order valence-electron chi connectivity index (χ3n) is 5.53. The Hall–Kier alpha value is -1.64. The van der Waals surface area contributed by atoms with Gasteiger partial charge in [-0.2, -0.15) is 0 Å². The molecule has 6 nitrogen and oxygen atoms in total. The predicted octanol–water partition coefficient (Wildman–Crippen LogP) is 3.90. The number of benzene rings is 1. The summed E-state index contributed by atoms with van der Waals surface area (Å²) in [6.45, 7) is 10.9. The average molecular weight is 496 g/mol. The Kier molecular flexibility index (Phi) is 9.21. The lowest BCUT2D eigenvalue weighted by Gasteiger charge is -2.40. The molecule has 2 unspecified atom stereocenters. The van der Waals surface area contributed by atoms with Gasteiger partial charge in [-0.15, -0.1) is 34.2 Å². The van der Waals surface area contributed by atoms with E-state index < -0.39 is 0 Å². The number of aryl methyl sites for hydroxylation is 1. The zero-order valence-corrected chi connectivity index (χ0v) is 19.5. The highest BCUT2D eigenvalue weighted by atomic mass is 127. The van der Waals surface area contributed by atoms with Crippen LogP contribution in [0.25, 0.3) is 0 Å². The van der Waals surface area contributed by atoms with E-state index in [0.29, 0.717) is 18.4 Å². The van der Waals surface area contributed by atoms with Crippen LogP contribution in [0, 0.1) is 5.92 Å². The maximum atomic E-state index is 4.86. The summed E-state index contributed by atoms with van der Waals surface area (Å²) in [4.78, 5) is 7.28. The molecule has 0 amide bonds. The molecule has 0 aliphatic carbocycles. The van der Waals surface area contributed by atoms with Crippen LogP contribution in [0.5, 0.6) is 0 Å². The first-order valence-corrected chi connectivity index (χ1v) is 10.2. The van der Waals surface area contributed by atoms with Crippen LogP contribution in [0.1, 0.15) is 50.9 Å². The summed E-state index contributed by atoms with van der Waals surface area (Å²) in [5.41, 5.74) is 1.47. The number of hydrogen-bond donors (Lipinski definition) is 1. The van der Waals surface area contributed by atoms with E-state index in [9.17, 15) is 0 Å². The van der Waals surface area contributed by atoms with Gasteiger partial charge in [0.25, 0.3) is 0 Å². The molecule has 1 aliphatic rings. The van der Waals surface area contributed by atoms with E-state index >= 15 is 0 Å². The second-order valence-corrected chi connectivity index (χ2v) is 7.12. The summed E-state index contributed by atoms with van der Waals surface area (Å²) < 4.78 is 2.05. The van der Waals surface area contributed by atoms with Gasteiger partial charge in [-0.25, -0.2) is 4.99 Å². The summed E-state index contributed by atoms with van der Waals surface area (Å²) in [7, 11) is 0. The van der Waals surface area contributed by atoms with Crippen molar-refractivity contribution in [3.8, 4) is 0 Å². The van der Waals surface area contributed by atoms with Gasteiger partial charge in [0.1, 0.15) is 12.9 Å². The number of aromatic nitrogens is 3. The minimum absolute atomic E-state index is 0. The molecule has 154 valence electrons. The van der Waals surface area contributed by atoms with Crippen LogP contribution in [0.4, 0.5) is 0 Å². The van der Waals surface area contributed by atoms with Crippen molar-refractivity contribution in [3.05, 3.63) is 48.0 Å². The van der Waals surface area contributed by atoms with Gasteiger partial charge in [0.2, 0.25) is 0 Å². The van der Waals surface area contributed by atoms with Crippen molar-refractivity contribution in [1.29, 1.82) is 0 Å². The molecule has 1 aliphatic heterocycles. The lowest BCUT2D eigenvalue weighted by molar-refractivity contribution is 0.215. The largest absolute Gasteiger partial charge is 0.357 e. The lowest BCUT2D eigenvalue weighted by atomic mass is 9.79. The number of guanidine groups is 1. The molecule has 28 heavy (non-hydrogen) atoms. The van der Waals surface area contributed by atoms with Gasteiger partial charge in [-0.3, -0.25) is 0 Å². The summed E-state index contributed by atoms with van der Waals surface area (Å²) in [6.07, 6.45) is 4.12. The van der Waals surface area contributed by atoms with E-state index in [1.807, 2.05) is 4.57 Å². The Morgan fingerprint density at radius 3 is 2.68 bits per heavy atom. The number of halogens is 1. The van der Waals surface area contributed by atoms with Crippen molar-refractivity contribution >= 4 is 29.9 Å². The fourth-order valence-corrected chi connectivity index (χ4v) is 4.01. The Balaban J connectivity index is 0.00000280. The molecule has 2 atom stereocenters. The normalized spacial score (nSPS) is 20.0. The van der Waals surface area contributed by atoms with Crippen molar-refractivity contribution in [2.75, 3.05) is 19.6 Å². The topological polar surface area (TPSA) is 58.3 Å². The molecule has 0 saturated carbocycles. The van der Waals surface area contributed by atoms with Crippen molar-refractivity contribution < 1.29 is 0 Å². The molecule has 2 heterocycles. The third kappa shape index (κ3) is 5.46. The van der Waals surface area contributed by atoms with Gasteiger partial charge in [-0.1, -0.05) is 43.7 Å². The fourth-order valence-electron chi connectivity index (χ4n) is 4.01. The highest BCUT2D eigenvalue weighted by Crippen LogP contribution is 2.34. The number of likely N-dealkylation sites (tertiary alicyclic amines) is 1. The molecule has 1 aromatic carbocycles. The van der Waals surface area contributed by atoms with Crippen LogP contribution >= 0.6 is 24.0 Å². The van der Waals surface area contributed by atoms with Crippen LogP contribution in [-0.2, 0) is 13.1 Å². The second kappa shape index (κ2) is 11.4. The summed E-state index contributed by atoms with van der Waals surface area (Å²) in [6, 6.07) is 11.0. The van der Waals surface area contributed by atoms with Gasteiger partial charge in [0, 0.05) is 26.2 Å². The predicted molar refractivity (Wildman–Crippen MR) is 125 cm³/mol. The minimum Gasteiger partial charge on any atom is -0.357 e. The van der Waals surface area contributed by atoms with Gasteiger partial charge in [0.15, 0.2) is 11.8 Å². The van der Waals surface area contributed by atoms with Crippen molar-refractivity contribution in [1.82, 2.24) is 25.0 Å².